The molecule has 0 bridgehead atoms. The van der Waals surface area contributed by atoms with Gasteiger partial charge in [-0.15, -0.1) is 0 Å². The lowest BCUT2D eigenvalue weighted by atomic mass is 10.1. The molecular weight excluding hydrogens is 272 g/mol. The first-order valence-corrected chi connectivity index (χ1v) is 6.36. The summed E-state index contributed by atoms with van der Waals surface area (Å²) in [4.78, 5) is 27.2. The van der Waals surface area contributed by atoms with Crippen molar-refractivity contribution < 1.29 is 4.79 Å². The average Bonchev–Trinajstić information content (AvgIpc) is 2.47. The number of nitrogens with one attached hydrogen (secondary N) is 2. The molecule has 0 saturated heterocycles. The van der Waals surface area contributed by atoms with Crippen molar-refractivity contribution in [3.8, 4) is 0 Å². The maximum atomic E-state index is 11.8. The quantitative estimate of drug-likeness (QED) is 0.313. The lowest BCUT2D eigenvalue weighted by molar-refractivity contribution is -0.120. The minimum atomic E-state index is -0.275. The molecule has 1 aromatic heterocycles. The predicted octanol–water partition coefficient (Wildman–Crippen LogP) is -1.14. The van der Waals surface area contributed by atoms with Gasteiger partial charge in [0.25, 0.3) is 5.56 Å². The number of hydrogen-bond acceptors (Lipinski definition) is 4. The SMILES string of the molecule is NC(N)=NCCNC(=O)Cc1n[nH]c(=O)c2ccccc12. The summed E-state index contributed by atoms with van der Waals surface area (Å²) in [7, 11) is 0. The topological polar surface area (TPSA) is 139 Å². The highest BCUT2D eigenvalue weighted by Crippen LogP contribution is 2.12. The van der Waals surface area contributed by atoms with Crippen LogP contribution in [0.1, 0.15) is 5.69 Å². The minimum Gasteiger partial charge on any atom is -0.370 e. The van der Waals surface area contributed by atoms with Gasteiger partial charge in [-0.1, -0.05) is 18.2 Å². The predicted molar refractivity (Wildman–Crippen MR) is 79.8 cm³/mol. The molecule has 8 heteroatoms. The summed E-state index contributed by atoms with van der Waals surface area (Å²) in [6.07, 6.45) is 0.0686. The average molecular weight is 288 g/mol. The van der Waals surface area contributed by atoms with Gasteiger partial charge in [0, 0.05) is 11.9 Å². The lowest BCUT2D eigenvalue weighted by Gasteiger charge is -2.05. The standard InChI is InChI=1S/C13H16N6O2/c14-13(15)17-6-5-16-11(20)7-10-8-3-1-2-4-9(8)12(21)19-18-10/h1-4H,5-7H2,(H,16,20)(H,19,21)(H4,14,15,17). The highest BCUT2D eigenvalue weighted by Gasteiger charge is 2.10. The molecule has 0 aliphatic heterocycles. The fraction of sp³-hybridized carbons (Fsp3) is 0.231. The van der Waals surface area contributed by atoms with Gasteiger partial charge in [-0.2, -0.15) is 5.10 Å². The van der Waals surface area contributed by atoms with Crippen LogP contribution in [0.5, 0.6) is 0 Å². The van der Waals surface area contributed by atoms with Crippen molar-refractivity contribution in [1.29, 1.82) is 0 Å². The number of nitrogens with zero attached hydrogens (tertiary/aromatic N) is 2. The summed E-state index contributed by atoms with van der Waals surface area (Å²) in [6.45, 7) is 0.645. The number of amides is 1. The molecule has 0 spiro atoms. The summed E-state index contributed by atoms with van der Waals surface area (Å²) in [5, 5.41) is 10.2. The number of carbonyl (C=O) groups is 1. The Morgan fingerprint density at radius 1 is 1.29 bits per heavy atom. The number of guanidine groups is 1. The van der Waals surface area contributed by atoms with Gasteiger partial charge in [0.15, 0.2) is 5.96 Å². The molecular formula is C13H16N6O2. The van der Waals surface area contributed by atoms with Gasteiger partial charge in [0.2, 0.25) is 5.91 Å². The summed E-state index contributed by atoms with van der Waals surface area (Å²) in [5.41, 5.74) is 10.6. The fourth-order valence-corrected chi connectivity index (χ4v) is 1.90. The molecule has 8 nitrogen and oxygen atoms in total. The zero-order valence-corrected chi connectivity index (χ0v) is 11.3. The number of aromatic nitrogens is 2. The van der Waals surface area contributed by atoms with E-state index in [4.69, 9.17) is 11.5 Å². The highest BCUT2D eigenvalue weighted by atomic mass is 16.1. The second kappa shape index (κ2) is 6.51. The van der Waals surface area contributed by atoms with Gasteiger partial charge in [-0.05, 0) is 6.07 Å². The monoisotopic (exact) mass is 288 g/mol. The number of carbonyl (C=O) groups excluding carboxylic acids is 1. The summed E-state index contributed by atoms with van der Waals surface area (Å²) in [5.74, 6) is -0.233. The Balaban J connectivity index is 2.06. The van der Waals surface area contributed by atoms with Gasteiger partial charge < -0.3 is 16.8 Å². The van der Waals surface area contributed by atoms with E-state index in [2.05, 4.69) is 20.5 Å². The van der Waals surface area contributed by atoms with Crippen molar-refractivity contribution >= 4 is 22.6 Å². The second-order valence-electron chi connectivity index (χ2n) is 4.38. The van der Waals surface area contributed by atoms with Crippen LogP contribution in [0.2, 0.25) is 0 Å². The van der Waals surface area contributed by atoms with Gasteiger partial charge in [-0.25, -0.2) is 5.10 Å². The molecule has 0 radical (unpaired) electrons. The molecule has 0 unspecified atom stereocenters. The molecule has 1 aromatic carbocycles. The molecule has 110 valence electrons. The van der Waals surface area contributed by atoms with Crippen LogP contribution in [0.25, 0.3) is 10.8 Å². The number of benzene rings is 1. The van der Waals surface area contributed by atoms with Gasteiger partial charge in [0.05, 0.1) is 24.0 Å². The number of H-pyrrole nitrogens is 1. The maximum absolute atomic E-state index is 11.8. The molecule has 0 aliphatic carbocycles. The van der Waals surface area contributed by atoms with Crippen molar-refractivity contribution in [3.63, 3.8) is 0 Å². The number of nitrogens with two attached hydrogens (primary N) is 2. The van der Waals surface area contributed by atoms with Gasteiger partial charge in [0.1, 0.15) is 0 Å². The second-order valence-corrected chi connectivity index (χ2v) is 4.38. The molecule has 21 heavy (non-hydrogen) atoms. The van der Waals surface area contributed by atoms with E-state index < -0.39 is 0 Å². The van der Waals surface area contributed by atoms with E-state index in [1.54, 1.807) is 24.3 Å². The van der Waals surface area contributed by atoms with Crippen molar-refractivity contribution in [2.45, 2.75) is 6.42 Å². The summed E-state index contributed by atoms with van der Waals surface area (Å²) >= 11 is 0. The van der Waals surface area contributed by atoms with Crippen molar-refractivity contribution in [2.24, 2.45) is 16.5 Å². The molecule has 1 heterocycles. The van der Waals surface area contributed by atoms with Crippen LogP contribution < -0.4 is 22.3 Å². The van der Waals surface area contributed by atoms with E-state index in [0.717, 1.165) is 0 Å². The van der Waals surface area contributed by atoms with E-state index in [9.17, 15) is 9.59 Å². The molecule has 0 atom stereocenters. The van der Waals surface area contributed by atoms with Crippen molar-refractivity contribution in [1.82, 2.24) is 15.5 Å². The largest absolute Gasteiger partial charge is 0.370 e. The molecule has 6 N–H and O–H groups in total. The zero-order valence-electron chi connectivity index (χ0n) is 11.3. The number of fused-ring (bicyclic) bond motifs is 1. The summed E-state index contributed by atoms with van der Waals surface area (Å²) < 4.78 is 0. The van der Waals surface area contributed by atoms with E-state index in [1.165, 1.54) is 0 Å². The first kappa shape index (κ1) is 14.5. The number of rotatable bonds is 5. The van der Waals surface area contributed by atoms with E-state index >= 15 is 0 Å². The Morgan fingerprint density at radius 2 is 2.00 bits per heavy atom. The minimum absolute atomic E-state index is 0.0162. The first-order chi connectivity index (χ1) is 10.1. The number of aromatic amines is 1. The molecule has 1 amide bonds. The van der Waals surface area contributed by atoms with E-state index in [-0.39, 0.29) is 23.8 Å². The van der Waals surface area contributed by atoms with Gasteiger partial charge in [-0.3, -0.25) is 14.6 Å². The van der Waals surface area contributed by atoms with Crippen molar-refractivity contribution in [3.05, 3.63) is 40.3 Å². The molecule has 2 aromatic rings. The van der Waals surface area contributed by atoms with E-state index in [1.807, 2.05) is 0 Å². The zero-order chi connectivity index (χ0) is 15.2. The third-order valence-electron chi connectivity index (χ3n) is 2.83. The van der Waals surface area contributed by atoms with Crippen molar-refractivity contribution in [2.75, 3.05) is 13.1 Å². The smallest absolute Gasteiger partial charge is 0.272 e. The third-order valence-corrected chi connectivity index (χ3v) is 2.83. The normalized spacial score (nSPS) is 10.3. The molecule has 0 saturated carbocycles. The highest BCUT2D eigenvalue weighted by molar-refractivity contribution is 5.88. The lowest BCUT2D eigenvalue weighted by Crippen LogP contribution is -2.30. The maximum Gasteiger partial charge on any atom is 0.272 e. The van der Waals surface area contributed by atoms with Crippen LogP contribution in [0.4, 0.5) is 0 Å². The van der Waals surface area contributed by atoms with Crippen LogP contribution >= 0.6 is 0 Å². The van der Waals surface area contributed by atoms with Crippen LogP contribution in [-0.2, 0) is 11.2 Å². The first-order valence-electron chi connectivity index (χ1n) is 6.36. The third kappa shape index (κ3) is 3.78. The fourth-order valence-electron chi connectivity index (χ4n) is 1.90. The molecule has 0 aliphatic rings. The Kier molecular flexibility index (Phi) is 4.50. The number of hydrogen-bond donors (Lipinski definition) is 4. The Labute approximate surface area is 120 Å². The van der Waals surface area contributed by atoms with Crippen LogP contribution in [-0.4, -0.2) is 35.2 Å². The van der Waals surface area contributed by atoms with Crippen LogP contribution in [0, 0.1) is 0 Å². The van der Waals surface area contributed by atoms with Crippen LogP contribution in [0.15, 0.2) is 34.1 Å². The van der Waals surface area contributed by atoms with Crippen LogP contribution in [0.3, 0.4) is 0 Å². The molecule has 0 fully saturated rings. The molecule has 2 rings (SSSR count). The Morgan fingerprint density at radius 3 is 2.71 bits per heavy atom. The van der Waals surface area contributed by atoms with Gasteiger partial charge >= 0.3 is 0 Å². The Bertz CT molecular complexity index is 733. The van der Waals surface area contributed by atoms with E-state index in [0.29, 0.717) is 29.6 Å². The number of aliphatic imine (C=N–C) groups is 1. The summed E-state index contributed by atoms with van der Waals surface area (Å²) in [6, 6.07) is 7.01. The Hall–Kier alpha value is -2.90.